The molecule has 2 heterocycles. The third-order valence-electron chi connectivity index (χ3n) is 1.89. The second kappa shape index (κ2) is 3.97. The highest BCUT2D eigenvalue weighted by Gasteiger charge is 2.15. The molecule has 1 N–H and O–H groups in total. The van der Waals surface area contributed by atoms with Crippen molar-refractivity contribution in [1.82, 2.24) is 20.0 Å². The van der Waals surface area contributed by atoms with Crippen LogP contribution in [0.4, 0.5) is 0 Å². The number of carboxylic acid groups (broad SMARTS) is 1. The monoisotopic (exact) mass is 220 g/mol. The highest BCUT2D eigenvalue weighted by molar-refractivity contribution is 5.89. The number of hydrogen-bond donors (Lipinski definition) is 1. The van der Waals surface area contributed by atoms with Crippen LogP contribution in [0.15, 0.2) is 24.5 Å². The van der Waals surface area contributed by atoms with E-state index in [9.17, 15) is 4.79 Å². The minimum Gasteiger partial charge on any atom is -0.481 e. The molecular weight excluding hydrogens is 212 g/mol. The number of carbonyl (C=O) groups is 1. The number of hydrogen-bond acceptors (Lipinski definition) is 5. The molecule has 2 aromatic rings. The van der Waals surface area contributed by atoms with E-state index in [0.29, 0.717) is 5.69 Å². The van der Waals surface area contributed by atoms with Crippen LogP contribution < -0.4 is 4.74 Å². The van der Waals surface area contributed by atoms with Crippen molar-refractivity contribution >= 4 is 5.97 Å². The zero-order chi connectivity index (χ0) is 11.5. The maximum atomic E-state index is 11.0. The molecule has 82 valence electrons. The lowest BCUT2D eigenvalue weighted by Crippen LogP contribution is -2.10. The van der Waals surface area contributed by atoms with Gasteiger partial charge in [0.25, 0.3) is 0 Å². The molecular formula is C9H8N4O3. The van der Waals surface area contributed by atoms with E-state index in [1.54, 1.807) is 6.07 Å². The van der Waals surface area contributed by atoms with Crippen molar-refractivity contribution in [3.8, 4) is 11.6 Å². The first-order chi connectivity index (χ1) is 7.72. The molecule has 0 aliphatic heterocycles. The standard InChI is InChI=1S/C9H8N4O3/c1-16-7-3-2-6(8(12-7)9(14)15)13-10-4-5-11-13/h2-5H,1H3,(H,14,15). The van der Waals surface area contributed by atoms with Crippen molar-refractivity contribution < 1.29 is 14.6 Å². The molecule has 0 amide bonds. The van der Waals surface area contributed by atoms with Gasteiger partial charge in [-0.2, -0.15) is 10.2 Å². The van der Waals surface area contributed by atoms with Crippen molar-refractivity contribution in [2.45, 2.75) is 0 Å². The van der Waals surface area contributed by atoms with Crippen LogP contribution in [0.25, 0.3) is 5.69 Å². The van der Waals surface area contributed by atoms with Gasteiger partial charge in [-0.05, 0) is 6.07 Å². The number of methoxy groups -OCH3 is 1. The average molecular weight is 220 g/mol. The van der Waals surface area contributed by atoms with E-state index in [2.05, 4.69) is 15.2 Å². The van der Waals surface area contributed by atoms with Crippen LogP contribution in [-0.2, 0) is 0 Å². The first-order valence-electron chi connectivity index (χ1n) is 4.37. The van der Waals surface area contributed by atoms with Crippen molar-refractivity contribution in [1.29, 1.82) is 0 Å². The smallest absolute Gasteiger partial charge is 0.356 e. The molecule has 0 bridgehead atoms. The predicted octanol–water partition coefficient (Wildman–Crippen LogP) is 0.369. The number of rotatable bonds is 3. The van der Waals surface area contributed by atoms with Gasteiger partial charge in [0.2, 0.25) is 5.88 Å². The highest BCUT2D eigenvalue weighted by atomic mass is 16.5. The van der Waals surface area contributed by atoms with Crippen molar-refractivity contribution in [2.24, 2.45) is 0 Å². The molecule has 2 rings (SSSR count). The van der Waals surface area contributed by atoms with Crippen LogP contribution in [0.3, 0.4) is 0 Å². The molecule has 0 radical (unpaired) electrons. The summed E-state index contributed by atoms with van der Waals surface area (Å²) in [6.07, 6.45) is 2.91. The first kappa shape index (κ1) is 10.1. The number of ether oxygens (including phenoxy) is 1. The Morgan fingerprint density at radius 2 is 2.06 bits per heavy atom. The van der Waals surface area contributed by atoms with Crippen LogP contribution >= 0.6 is 0 Å². The minimum absolute atomic E-state index is 0.157. The van der Waals surface area contributed by atoms with Gasteiger partial charge in [-0.1, -0.05) is 0 Å². The summed E-state index contributed by atoms with van der Waals surface area (Å²) in [5.74, 6) is -0.931. The largest absolute Gasteiger partial charge is 0.481 e. The second-order valence-corrected chi connectivity index (χ2v) is 2.85. The molecule has 0 spiro atoms. The lowest BCUT2D eigenvalue weighted by atomic mass is 10.3. The Hall–Kier alpha value is -2.44. The van der Waals surface area contributed by atoms with Crippen molar-refractivity contribution in [2.75, 3.05) is 7.11 Å². The van der Waals surface area contributed by atoms with E-state index in [1.807, 2.05) is 0 Å². The number of aromatic nitrogens is 4. The zero-order valence-electron chi connectivity index (χ0n) is 8.36. The van der Waals surface area contributed by atoms with E-state index in [1.165, 1.54) is 30.4 Å². The fourth-order valence-electron chi connectivity index (χ4n) is 1.21. The zero-order valence-corrected chi connectivity index (χ0v) is 8.36. The Labute approximate surface area is 90.3 Å². The summed E-state index contributed by atoms with van der Waals surface area (Å²) in [7, 11) is 1.42. The van der Waals surface area contributed by atoms with Gasteiger partial charge in [0, 0.05) is 6.07 Å². The molecule has 0 saturated heterocycles. The fraction of sp³-hybridized carbons (Fsp3) is 0.111. The van der Waals surface area contributed by atoms with Gasteiger partial charge < -0.3 is 9.84 Å². The van der Waals surface area contributed by atoms with Crippen LogP contribution in [0.1, 0.15) is 10.5 Å². The Morgan fingerprint density at radius 1 is 1.38 bits per heavy atom. The summed E-state index contributed by atoms with van der Waals surface area (Å²) in [5, 5.41) is 16.7. The van der Waals surface area contributed by atoms with Gasteiger partial charge in [0.15, 0.2) is 5.69 Å². The molecule has 0 fully saturated rings. The summed E-state index contributed by atoms with van der Waals surface area (Å²) in [6, 6.07) is 3.08. The molecule has 16 heavy (non-hydrogen) atoms. The summed E-state index contributed by atoms with van der Waals surface area (Å²) in [6.45, 7) is 0. The summed E-state index contributed by atoms with van der Waals surface area (Å²) >= 11 is 0. The van der Waals surface area contributed by atoms with E-state index >= 15 is 0 Å². The van der Waals surface area contributed by atoms with E-state index in [0.717, 1.165) is 0 Å². The van der Waals surface area contributed by atoms with Gasteiger partial charge in [0.05, 0.1) is 19.5 Å². The maximum absolute atomic E-state index is 11.0. The molecule has 7 heteroatoms. The molecule has 0 saturated carbocycles. The van der Waals surface area contributed by atoms with E-state index in [4.69, 9.17) is 9.84 Å². The summed E-state index contributed by atoms with van der Waals surface area (Å²) in [5.41, 5.74) is 0.133. The molecule has 0 aromatic carbocycles. The lowest BCUT2D eigenvalue weighted by Gasteiger charge is -2.05. The van der Waals surface area contributed by atoms with Crippen molar-refractivity contribution in [3.63, 3.8) is 0 Å². The van der Waals surface area contributed by atoms with E-state index < -0.39 is 5.97 Å². The Bertz CT molecular complexity index is 509. The van der Waals surface area contributed by atoms with Gasteiger partial charge >= 0.3 is 5.97 Å². The van der Waals surface area contributed by atoms with Crippen molar-refractivity contribution in [3.05, 3.63) is 30.2 Å². The SMILES string of the molecule is COc1ccc(-n2nccn2)c(C(=O)O)n1. The number of pyridine rings is 1. The topological polar surface area (TPSA) is 90.1 Å². The molecule has 0 aliphatic carbocycles. The first-order valence-corrected chi connectivity index (χ1v) is 4.37. The van der Waals surface area contributed by atoms with Crippen LogP contribution in [0.5, 0.6) is 5.88 Å². The average Bonchev–Trinajstić information content (AvgIpc) is 2.81. The highest BCUT2D eigenvalue weighted by Crippen LogP contribution is 2.15. The number of carboxylic acids is 1. The van der Waals surface area contributed by atoms with Gasteiger partial charge in [-0.3, -0.25) is 0 Å². The van der Waals surface area contributed by atoms with Crippen LogP contribution in [-0.4, -0.2) is 38.2 Å². The Balaban J connectivity index is 2.57. The maximum Gasteiger partial charge on any atom is 0.356 e. The molecule has 0 aliphatic rings. The molecule has 7 nitrogen and oxygen atoms in total. The van der Waals surface area contributed by atoms with Gasteiger partial charge in [-0.15, -0.1) is 4.80 Å². The lowest BCUT2D eigenvalue weighted by molar-refractivity contribution is 0.0689. The third kappa shape index (κ3) is 1.70. The fourth-order valence-corrected chi connectivity index (χ4v) is 1.21. The summed E-state index contributed by atoms with van der Waals surface area (Å²) in [4.78, 5) is 16.0. The second-order valence-electron chi connectivity index (χ2n) is 2.85. The Kier molecular flexibility index (Phi) is 2.50. The molecule has 2 aromatic heterocycles. The normalized spacial score (nSPS) is 10.1. The van der Waals surface area contributed by atoms with E-state index in [-0.39, 0.29) is 11.6 Å². The Morgan fingerprint density at radius 3 is 2.62 bits per heavy atom. The number of nitrogens with zero attached hydrogens (tertiary/aromatic N) is 4. The molecule has 0 unspecified atom stereocenters. The quantitative estimate of drug-likeness (QED) is 0.803. The number of aromatic carboxylic acids is 1. The van der Waals surface area contributed by atoms with Crippen LogP contribution in [0, 0.1) is 0 Å². The summed E-state index contributed by atoms with van der Waals surface area (Å²) < 4.78 is 4.85. The van der Waals surface area contributed by atoms with Gasteiger partial charge in [-0.25, -0.2) is 9.78 Å². The minimum atomic E-state index is -1.16. The third-order valence-corrected chi connectivity index (χ3v) is 1.89. The molecule has 0 atom stereocenters. The van der Waals surface area contributed by atoms with Gasteiger partial charge in [0.1, 0.15) is 5.69 Å². The predicted molar refractivity (Wildman–Crippen MR) is 52.7 cm³/mol. The van der Waals surface area contributed by atoms with Crippen LogP contribution in [0.2, 0.25) is 0 Å².